The molecule has 0 fully saturated rings. The Kier molecular flexibility index (Phi) is 8.06. The van der Waals surface area contributed by atoms with Gasteiger partial charge in [0.05, 0.1) is 13.0 Å². The Balaban J connectivity index is 0.00000264. The molecule has 0 aliphatic rings. The Bertz CT molecular complexity index is 632. The summed E-state index contributed by atoms with van der Waals surface area (Å²) in [5, 5.41) is 21.7. The highest BCUT2D eigenvalue weighted by Gasteiger charge is 2.13. The van der Waals surface area contributed by atoms with Gasteiger partial charge in [-0.3, -0.25) is 4.79 Å². The van der Waals surface area contributed by atoms with Crippen molar-refractivity contribution in [1.82, 2.24) is 0 Å². The lowest BCUT2D eigenvalue weighted by Gasteiger charge is -2.11. The number of rotatable bonds is 7. The molecule has 0 radical (unpaired) electrons. The van der Waals surface area contributed by atoms with Crippen LogP contribution in [0.25, 0.3) is 0 Å². The van der Waals surface area contributed by atoms with Crippen molar-refractivity contribution in [2.45, 2.75) is 12.5 Å². The fourth-order valence-electron chi connectivity index (χ4n) is 2.17. The molecule has 0 aliphatic heterocycles. The number of benzene rings is 2. The molecular formula is C17H19Cl2NO3. The van der Waals surface area contributed by atoms with Gasteiger partial charge in [0, 0.05) is 16.1 Å². The van der Waals surface area contributed by atoms with E-state index in [1.165, 1.54) is 12.1 Å². The van der Waals surface area contributed by atoms with Crippen LogP contribution < -0.4 is 17.7 Å². The van der Waals surface area contributed by atoms with Gasteiger partial charge in [-0.25, -0.2) is 0 Å². The SMILES string of the molecule is O=C(CC[NH2+]CC(O)c1ccccc1Cl)c1ccc(O)cc1.[Cl-]. The monoisotopic (exact) mass is 355 g/mol. The molecule has 2 aromatic carbocycles. The second kappa shape index (κ2) is 9.53. The zero-order valence-corrected chi connectivity index (χ0v) is 14.0. The first kappa shape index (κ1) is 19.5. The van der Waals surface area contributed by atoms with Gasteiger partial charge in [-0.05, 0) is 30.3 Å². The molecule has 6 heteroatoms. The largest absolute Gasteiger partial charge is 1.00 e. The van der Waals surface area contributed by atoms with E-state index in [0.29, 0.717) is 35.7 Å². The minimum atomic E-state index is -0.655. The number of aliphatic hydroxyl groups excluding tert-OH is 1. The van der Waals surface area contributed by atoms with E-state index in [1.807, 2.05) is 17.4 Å². The van der Waals surface area contributed by atoms with Crippen LogP contribution >= 0.6 is 11.6 Å². The summed E-state index contributed by atoms with van der Waals surface area (Å²) >= 11 is 6.03. The first-order valence-electron chi connectivity index (χ1n) is 7.14. The van der Waals surface area contributed by atoms with Crippen LogP contribution in [0.1, 0.15) is 28.4 Å². The average Bonchev–Trinajstić information content (AvgIpc) is 2.52. The number of quaternary nitrogens is 1. The van der Waals surface area contributed by atoms with Gasteiger partial charge in [0.1, 0.15) is 18.4 Å². The molecular weight excluding hydrogens is 337 g/mol. The molecule has 0 heterocycles. The van der Waals surface area contributed by atoms with Crippen LogP contribution in [0.5, 0.6) is 5.75 Å². The maximum Gasteiger partial charge on any atom is 0.168 e. The van der Waals surface area contributed by atoms with Gasteiger partial charge < -0.3 is 27.9 Å². The van der Waals surface area contributed by atoms with Crippen LogP contribution in [-0.2, 0) is 0 Å². The Morgan fingerprint density at radius 1 is 1.13 bits per heavy atom. The lowest BCUT2D eigenvalue weighted by Crippen LogP contribution is -3.00. The molecule has 0 amide bonds. The molecule has 0 saturated carbocycles. The Morgan fingerprint density at radius 2 is 1.78 bits per heavy atom. The maximum atomic E-state index is 11.9. The smallest absolute Gasteiger partial charge is 0.168 e. The molecule has 0 bridgehead atoms. The normalized spacial score (nSPS) is 11.6. The Hall–Kier alpha value is -1.59. The van der Waals surface area contributed by atoms with Crippen LogP contribution in [0.4, 0.5) is 0 Å². The van der Waals surface area contributed by atoms with Crippen molar-refractivity contribution >= 4 is 17.4 Å². The zero-order chi connectivity index (χ0) is 15.9. The van der Waals surface area contributed by atoms with E-state index in [1.54, 1.807) is 24.3 Å². The summed E-state index contributed by atoms with van der Waals surface area (Å²) in [6, 6.07) is 13.4. The summed E-state index contributed by atoms with van der Waals surface area (Å²) in [5.41, 5.74) is 1.28. The molecule has 2 rings (SSSR count). The molecule has 0 spiro atoms. The summed E-state index contributed by atoms with van der Waals surface area (Å²) in [4.78, 5) is 11.9. The molecule has 2 aromatic rings. The second-order valence-electron chi connectivity index (χ2n) is 5.07. The summed E-state index contributed by atoms with van der Waals surface area (Å²) in [5.74, 6) is 0.162. The number of carbonyl (C=O) groups is 1. The highest BCUT2D eigenvalue weighted by molar-refractivity contribution is 6.31. The van der Waals surface area contributed by atoms with Crippen LogP contribution in [0.3, 0.4) is 0 Å². The number of aromatic hydroxyl groups is 1. The fraction of sp³-hybridized carbons (Fsp3) is 0.235. The minimum absolute atomic E-state index is 0. The van der Waals surface area contributed by atoms with E-state index < -0.39 is 6.10 Å². The number of hydrogen-bond acceptors (Lipinski definition) is 3. The highest BCUT2D eigenvalue weighted by atomic mass is 35.5. The van der Waals surface area contributed by atoms with E-state index in [-0.39, 0.29) is 23.9 Å². The molecule has 4 N–H and O–H groups in total. The van der Waals surface area contributed by atoms with Crippen molar-refractivity contribution in [2.24, 2.45) is 0 Å². The standard InChI is InChI=1S/C17H18ClNO3.ClH/c18-15-4-2-1-3-14(15)17(22)11-19-10-9-16(21)12-5-7-13(20)8-6-12;/h1-8,17,19-20,22H,9-11H2;1H. The predicted molar refractivity (Wildman–Crippen MR) is 85.1 cm³/mol. The molecule has 124 valence electrons. The van der Waals surface area contributed by atoms with Gasteiger partial charge in [-0.2, -0.15) is 0 Å². The maximum absolute atomic E-state index is 11.9. The Morgan fingerprint density at radius 3 is 2.43 bits per heavy atom. The molecule has 0 aliphatic carbocycles. The summed E-state index contributed by atoms with van der Waals surface area (Å²) < 4.78 is 0. The average molecular weight is 356 g/mol. The third-order valence-corrected chi connectivity index (χ3v) is 3.76. The summed E-state index contributed by atoms with van der Waals surface area (Å²) in [6.07, 6.45) is -0.280. The number of halogens is 2. The molecule has 1 atom stereocenters. The van der Waals surface area contributed by atoms with Crippen molar-refractivity contribution in [1.29, 1.82) is 0 Å². The molecule has 4 nitrogen and oxygen atoms in total. The zero-order valence-electron chi connectivity index (χ0n) is 12.5. The number of aliphatic hydroxyl groups is 1. The van der Waals surface area contributed by atoms with Gasteiger partial charge in [-0.15, -0.1) is 0 Å². The molecule has 0 saturated heterocycles. The third kappa shape index (κ3) is 5.84. The van der Waals surface area contributed by atoms with Gasteiger partial charge in [0.25, 0.3) is 0 Å². The lowest BCUT2D eigenvalue weighted by molar-refractivity contribution is -0.660. The van der Waals surface area contributed by atoms with E-state index in [9.17, 15) is 15.0 Å². The van der Waals surface area contributed by atoms with E-state index in [0.717, 1.165) is 0 Å². The first-order chi connectivity index (χ1) is 10.6. The van der Waals surface area contributed by atoms with Crippen LogP contribution in [-0.4, -0.2) is 29.1 Å². The van der Waals surface area contributed by atoms with E-state index in [4.69, 9.17) is 11.6 Å². The third-order valence-electron chi connectivity index (χ3n) is 3.42. The summed E-state index contributed by atoms with van der Waals surface area (Å²) in [6.45, 7) is 1.04. The molecule has 23 heavy (non-hydrogen) atoms. The molecule has 1 unspecified atom stereocenters. The first-order valence-corrected chi connectivity index (χ1v) is 7.52. The number of carbonyl (C=O) groups excluding carboxylic acids is 1. The van der Waals surface area contributed by atoms with Crippen molar-refractivity contribution in [2.75, 3.05) is 13.1 Å². The predicted octanol–water partition coefficient (Wildman–Crippen LogP) is -1.08. The van der Waals surface area contributed by atoms with E-state index in [2.05, 4.69) is 0 Å². The second-order valence-corrected chi connectivity index (χ2v) is 5.48. The van der Waals surface area contributed by atoms with Crippen molar-refractivity contribution in [3.05, 3.63) is 64.7 Å². The van der Waals surface area contributed by atoms with Crippen molar-refractivity contribution < 1.29 is 32.7 Å². The van der Waals surface area contributed by atoms with Gasteiger partial charge in [0.15, 0.2) is 5.78 Å². The number of hydrogen-bond donors (Lipinski definition) is 3. The Labute approximate surface area is 146 Å². The quantitative estimate of drug-likeness (QED) is 0.437. The van der Waals surface area contributed by atoms with Gasteiger partial charge in [0.2, 0.25) is 0 Å². The number of phenols is 1. The van der Waals surface area contributed by atoms with Crippen molar-refractivity contribution in [3.8, 4) is 5.75 Å². The topological polar surface area (TPSA) is 74.1 Å². The number of Topliss-reactive ketones (excluding diaryl/α,β-unsaturated/α-hetero) is 1. The number of phenolic OH excluding ortho intramolecular Hbond substituents is 1. The van der Waals surface area contributed by atoms with E-state index >= 15 is 0 Å². The van der Waals surface area contributed by atoms with Gasteiger partial charge in [-0.1, -0.05) is 29.8 Å². The summed E-state index contributed by atoms with van der Waals surface area (Å²) in [7, 11) is 0. The van der Waals surface area contributed by atoms with Gasteiger partial charge >= 0.3 is 0 Å². The van der Waals surface area contributed by atoms with Crippen LogP contribution in [0.15, 0.2) is 48.5 Å². The number of ketones is 1. The van der Waals surface area contributed by atoms with Crippen LogP contribution in [0, 0.1) is 0 Å². The minimum Gasteiger partial charge on any atom is -1.00 e. The van der Waals surface area contributed by atoms with Crippen molar-refractivity contribution in [3.63, 3.8) is 0 Å². The highest BCUT2D eigenvalue weighted by Crippen LogP contribution is 2.21. The number of nitrogens with two attached hydrogens (primary N) is 1. The fourth-order valence-corrected chi connectivity index (χ4v) is 2.43. The lowest BCUT2D eigenvalue weighted by atomic mass is 10.1. The van der Waals surface area contributed by atoms with Crippen LogP contribution in [0.2, 0.25) is 5.02 Å². The molecule has 0 aromatic heterocycles.